The molecule has 1 heterocycles. The van der Waals surface area contributed by atoms with Crippen molar-refractivity contribution in [2.24, 2.45) is 0 Å². The van der Waals surface area contributed by atoms with Crippen LogP contribution in [0.5, 0.6) is 0 Å². The molecule has 0 bridgehead atoms. The highest BCUT2D eigenvalue weighted by Gasteiger charge is 2.33. The molecule has 2 fully saturated rings. The molecule has 1 N–H and O–H groups in total. The topological polar surface area (TPSA) is 58.6 Å². The molecular formula is C13H26N2O3S. The number of nitrogens with zero attached hydrogens (tertiary/aromatic N) is 1. The first-order valence-electron chi connectivity index (χ1n) is 7.40. The van der Waals surface area contributed by atoms with Crippen LogP contribution >= 0.6 is 0 Å². The van der Waals surface area contributed by atoms with Gasteiger partial charge in [0.25, 0.3) is 0 Å². The van der Waals surface area contributed by atoms with Crippen LogP contribution < -0.4 is 5.32 Å². The molecule has 5 nitrogen and oxygen atoms in total. The minimum Gasteiger partial charge on any atom is -0.378 e. The quantitative estimate of drug-likeness (QED) is 0.791. The number of rotatable bonds is 6. The second-order valence-electron chi connectivity index (χ2n) is 5.49. The van der Waals surface area contributed by atoms with E-state index in [1.807, 2.05) is 6.92 Å². The number of sulfonamides is 1. The summed E-state index contributed by atoms with van der Waals surface area (Å²) in [6.45, 7) is 5.86. The van der Waals surface area contributed by atoms with E-state index in [9.17, 15) is 8.42 Å². The Bertz CT molecular complexity index is 371. The second-order valence-corrected chi connectivity index (χ2v) is 7.74. The van der Waals surface area contributed by atoms with Gasteiger partial charge in [0.15, 0.2) is 0 Å². The molecule has 6 heteroatoms. The zero-order valence-corrected chi connectivity index (χ0v) is 12.8. The third-order valence-electron chi connectivity index (χ3n) is 4.18. The Morgan fingerprint density at radius 3 is 2.32 bits per heavy atom. The maximum atomic E-state index is 11.8. The highest BCUT2D eigenvalue weighted by molar-refractivity contribution is 7.89. The average molecular weight is 290 g/mol. The lowest BCUT2D eigenvalue weighted by Crippen LogP contribution is -2.53. The van der Waals surface area contributed by atoms with Crippen LogP contribution in [-0.2, 0) is 14.8 Å². The monoisotopic (exact) mass is 290 g/mol. The van der Waals surface area contributed by atoms with E-state index in [2.05, 4.69) is 5.32 Å². The predicted octanol–water partition coefficient (Wildman–Crippen LogP) is 0.958. The van der Waals surface area contributed by atoms with Crippen LogP contribution in [0.3, 0.4) is 0 Å². The fourth-order valence-corrected chi connectivity index (χ4v) is 4.02. The van der Waals surface area contributed by atoms with Gasteiger partial charge in [-0.2, -0.15) is 0 Å². The van der Waals surface area contributed by atoms with Gasteiger partial charge in [-0.3, -0.25) is 0 Å². The first-order chi connectivity index (χ1) is 9.05. The number of ether oxygens (including phenoxy) is 1. The van der Waals surface area contributed by atoms with Crippen LogP contribution in [0.4, 0.5) is 0 Å². The summed E-state index contributed by atoms with van der Waals surface area (Å²) < 4.78 is 30.7. The Labute approximate surface area is 116 Å². The van der Waals surface area contributed by atoms with Gasteiger partial charge in [-0.25, -0.2) is 12.7 Å². The fraction of sp³-hybridized carbons (Fsp3) is 1.00. The molecule has 0 aromatic carbocycles. The molecule has 112 valence electrons. The molecule has 0 atom stereocenters. The molecule has 0 amide bonds. The van der Waals surface area contributed by atoms with Crippen LogP contribution in [0.25, 0.3) is 0 Å². The van der Waals surface area contributed by atoms with Crippen molar-refractivity contribution in [1.29, 1.82) is 0 Å². The summed E-state index contributed by atoms with van der Waals surface area (Å²) >= 11 is 0. The summed E-state index contributed by atoms with van der Waals surface area (Å²) in [7, 11) is -3.00. The van der Waals surface area contributed by atoms with Crippen molar-refractivity contribution < 1.29 is 13.2 Å². The van der Waals surface area contributed by atoms with Crippen LogP contribution in [0.15, 0.2) is 0 Å². The Kier molecular flexibility index (Phi) is 5.22. The van der Waals surface area contributed by atoms with Gasteiger partial charge >= 0.3 is 0 Å². The lowest BCUT2D eigenvalue weighted by molar-refractivity contribution is -0.0136. The third kappa shape index (κ3) is 3.90. The van der Waals surface area contributed by atoms with E-state index in [1.165, 1.54) is 0 Å². The highest BCUT2D eigenvalue weighted by atomic mass is 32.2. The minimum atomic E-state index is -3.00. The molecule has 0 spiro atoms. The van der Waals surface area contributed by atoms with Crippen LogP contribution in [-0.4, -0.2) is 56.4 Å². The number of piperidine rings is 1. The highest BCUT2D eigenvalue weighted by Crippen LogP contribution is 2.25. The van der Waals surface area contributed by atoms with Gasteiger partial charge in [-0.05, 0) is 39.5 Å². The maximum Gasteiger partial charge on any atom is 0.213 e. The Hall–Kier alpha value is -0.170. The van der Waals surface area contributed by atoms with Crippen LogP contribution in [0.2, 0.25) is 0 Å². The predicted molar refractivity (Wildman–Crippen MR) is 75.6 cm³/mol. The summed E-state index contributed by atoms with van der Waals surface area (Å²) in [5.74, 6) is 0.212. The van der Waals surface area contributed by atoms with Crippen molar-refractivity contribution in [3.63, 3.8) is 0 Å². The first kappa shape index (κ1) is 15.2. The van der Waals surface area contributed by atoms with E-state index in [0.717, 1.165) is 32.3 Å². The molecule has 19 heavy (non-hydrogen) atoms. The molecule has 0 unspecified atom stereocenters. The molecular weight excluding hydrogens is 264 g/mol. The summed E-state index contributed by atoms with van der Waals surface area (Å²) in [4.78, 5) is 0. The summed E-state index contributed by atoms with van der Waals surface area (Å²) in [5.41, 5.74) is 0. The molecule has 2 rings (SSSR count). The molecule has 0 aromatic rings. The third-order valence-corrected chi connectivity index (χ3v) is 6.06. The molecule has 0 aromatic heterocycles. The van der Waals surface area contributed by atoms with Crippen molar-refractivity contribution in [2.75, 3.05) is 25.4 Å². The lowest BCUT2D eigenvalue weighted by Gasteiger charge is -2.40. The Morgan fingerprint density at radius 2 is 1.79 bits per heavy atom. The zero-order chi connectivity index (χ0) is 13.9. The van der Waals surface area contributed by atoms with Crippen molar-refractivity contribution in [3.8, 4) is 0 Å². The second kappa shape index (κ2) is 6.52. The van der Waals surface area contributed by atoms with Crippen molar-refractivity contribution in [3.05, 3.63) is 0 Å². The summed E-state index contributed by atoms with van der Waals surface area (Å²) in [5, 5.41) is 3.63. The lowest BCUT2D eigenvalue weighted by atomic mass is 9.88. The molecule has 2 aliphatic rings. The van der Waals surface area contributed by atoms with Gasteiger partial charge < -0.3 is 10.1 Å². The SMILES string of the molecule is CCOC1CC(NC2CCN(S(=O)(=O)CC)CC2)C1. The number of nitrogens with one attached hydrogen (secondary N) is 1. The van der Waals surface area contributed by atoms with Crippen molar-refractivity contribution in [1.82, 2.24) is 9.62 Å². The smallest absolute Gasteiger partial charge is 0.213 e. The van der Waals surface area contributed by atoms with Crippen molar-refractivity contribution >= 4 is 10.0 Å². The fourth-order valence-electron chi connectivity index (χ4n) is 2.89. The molecule has 1 aliphatic heterocycles. The maximum absolute atomic E-state index is 11.8. The van der Waals surface area contributed by atoms with Crippen molar-refractivity contribution in [2.45, 2.75) is 57.7 Å². The van der Waals surface area contributed by atoms with E-state index < -0.39 is 10.0 Å². The van der Waals surface area contributed by atoms with Gasteiger partial charge in [0.2, 0.25) is 10.0 Å². The number of hydrogen-bond acceptors (Lipinski definition) is 4. The Morgan fingerprint density at radius 1 is 1.16 bits per heavy atom. The standard InChI is InChI=1S/C13H26N2O3S/c1-3-18-13-9-12(10-13)14-11-5-7-15(8-6-11)19(16,17)4-2/h11-14H,3-10H2,1-2H3. The van der Waals surface area contributed by atoms with Crippen LogP contribution in [0, 0.1) is 0 Å². The normalized spacial score (nSPS) is 30.2. The Balaban J connectivity index is 1.68. The summed E-state index contributed by atoms with van der Waals surface area (Å²) in [6, 6.07) is 1.03. The van der Waals surface area contributed by atoms with Crippen LogP contribution in [0.1, 0.15) is 39.5 Å². The first-order valence-corrected chi connectivity index (χ1v) is 9.01. The van der Waals surface area contributed by atoms with Gasteiger partial charge in [0, 0.05) is 31.8 Å². The molecule has 1 saturated carbocycles. The summed E-state index contributed by atoms with van der Waals surface area (Å²) in [6.07, 6.45) is 4.48. The largest absolute Gasteiger partial charge is 0.378 e. The van der Waals surface area contributed by atoms with E-state index in [1.54, 1.807) is 11.2 Å². The van der Waals surface area contributed by atoms with E-state index in [4.69, 9.17) is 4.74 Å². The van der Waals surface area contributed by atoms with Gasteiger partial charge in [-0.1, -0.05) is 0 Å². The zero-order valence-electron chi connectivity index (χ0n) is 12.0. The molecule has 1 aliphatic carbocycles. The van der Waals surface area contributed by atoms with Gasteiger partial charge in [0.05, 0.1) is 11.9 Å². The van der Waals surface area contributed by atoms with E-state index in [-0.39, 0.29) is 5.75 Å². The number of hydrogen-bond donors (Lipinski definition) is 1. The van der Waals surface area contributed by atoms with Gasteiger partial charge in [-0.15, -0.1) is 0 Å². The minimum absolute atomic E-state index is 0.212. The van der Waals surface area contributed by atoms with E-state index in [0.29, 0.717) is 31.3 Å². The van der Waals surface area contributed by atoms with Gasteiger partial charge in [0.1, 0.15) is 0 Å². The average Bonchev–Trinajstić information content (AvgIpc) is 2.37. The molecule has 0 radical (unpaired) electrons. The van der Waals surface area contributed by atoms with E-state index >= 15 is 0 Å². The molecule has 1 saturated heterocycles.